The molecule has 0 saturated carbocycles. The van der Waals surface area contributed by atoms with E-state index >= 15 is 0 Å². The number of rotatable bonds is 1. The van der Waals surface area contributed by atoms with Crippen LogP contribution in [0.2, 0.25) is 0 Å². The van der Waals surface area contributed by atoms with Crippen LogP contribution in [0.1, 0.15) is 11.6 Å². The average Bonchev–Trinajstić information content (AvgIpc) is 2.80. The molecule has 1 atom stereocenters. The van der Waals surface area contributed by atoms with E-state index in [1.165, 1.54) is 6.07 Å². The van der Waals surface area contributed by atoms with Gasteiger partial charge in [-0.2, -0.15) is 13.2 Å². The summed E-state index contributed by atoms with van der Waals surface area (Å²) >= 11 is 3.32. The molecule has 4 rings (SSSR count). The van der Waals surface area contributed by atoms with Crippen molar-refractivity contribution < 1.29 is 22.7 Å². The third-order valence-electron chi connectivity index (χ3n) is 4.33. The highest BCUT2D eigenvalue weighted by Crippen LogP contribution is 2.43. The van der Waals surface area contributed by atoms with Crippen molar-refractivity contribution in [3.63, 3.8) is 0 Å². The predicted octanol–water partition coefficient (Wildman–Crippen LogP) is 4.96. The van der Waals surface area contributed by atoms with Crippen LogP contribution in [-0.4, -0.2) is 34.9 Å². The van der Waals surface area contributed by atoms with E-state index in [1.54, 1.807) is 36.4 Å². The third kappa shape index (κ3) is 3.05. The van der Waals surface area contributed by atoms with Crippen molar-refractivity contribution in [3.05, 3.63) is 52.6 Å². The van der Waals surface area contributed by atoms with Gasteiger partial charge in [0.1, 0.15) is 11.6 Å². The number of aromatic nitrogens is 2. The summed E-state index contributed by atoms with van der Waals surface area (Å²) in [6, 6.07) is 11.4. The summed E-state index contributed by atoms with van der Waals surface area (Å²) in [5, 5.41) is 0. The Kier molecular flexibility index (Phi) is 4.41. The van der Waals surface area contributed by atoms with Gasteiger partial charge in [0.15, 0.2) is 0 Å². The number of hydrogen-bond donors (Lipinski definition) is 0. The summed E-state index contributed by atoms with van der Waals surface area (Å²) in [7, 11) is 1.03. The summed E-state index contributed by atoms with van der Waals surface area (Å²) < 4.78 is 46.9. The number of fused-ring (bicyclic) bond motifs is 4. The van der Waals surface area contributed by atoms with Gasteiger partial charge in [-0.15, -0.1) is 0 Å². The number of aliphatic imine (C=N–C) groups is 1. The Labute approximate surface area is 165 Å². The van der Waals surface area contributed by atoms with Crippen molar-refractivity contribution in [2.24, 2.45) is 4.99 Å². The number of carbonyl (C=O) groups is 1. The molecule has 1 aliphatic heterocycles. The smallest absolute Gasteiger partial charge is 0.430 e. The lowest BCUT2D eigenvalue weighted by Crippen LogP contribution is -2.35. The Morgan fingerprint density at radius 2 is 1.79 bits per heavy atom. The van der Waals surface area contributed by atoms with Gasteiger partial charge in [-0.1, -0.05) is 28.1 Å². The van der Waals surface area contributed by atoms with Gasteiger partial charge in [0.2, 0.25) is 0 Å². The van der Waals surface area contributed by atoms with Gasteiger partial charge in [-0.25, -0.2) is 15.0 Å². The molecular formula is C19H11BrF3N3O2. The van der Waals surface area contributed by atoms with Gasteiger partial charge in [0, 0.05) is 10.0 Å². The Morgan fingerprint density at radius 1 is 1.11 bits per heavy atom. The molecule has 2 heterocycles. The molecule has 3 aromatic rings. The number of carbonyl (C=O) groups excluding carboxylic acids is 1. The molecule has 0 aliphatic carbocycles. The molecule has 0 N–H and O–H groups in total. The van der Waals surface area contributed by atoms with Crippen molar-refractivity contribution in [1.29, 1.82) is 0 Å². The van der Waals surface area contributed by atoms with Crippen LogP contribution in [0.15, 0.2) is 51.9 Å². The Bertz CT molecular complexity index is 1140. The van der Waals surface area contributed by atoms with Gasteiger partial charge >= 0.3 is 12.1 Å². The lowest BCUT2D eigenvalue weighted by Gasteiger charge is -2.19. The van der Waals surface area contributed by atoms with E-state index in [1.807, 2.05) is 0 Å². The molecule has 1 aliphatic rings. The summed E-state index contributed by atoms with van der Waals surface area (Å²) in [5.74, 6) is -2.95. The van der Waals surface area contributed by atoms with Crippen LogP contribution in [0.3, 0.4) is 0 Å². The maximum Gasteiger partial charge on any atom is 0.430 e. The number of methoxy groups -OCH3 is 1. The standard InChI is InChI=1S/C19H11BrF3N3O2/c1-28-18(27)14-16-15(24-12-4-2-3-5-13(12)25-16)10-8-9(20)6-7-11(10)26-17(14)19(21,22)23/h2-8,14H,1H3. The van der Waals surface area contributed by atoms with Crippen molar-refractivity contribution >= 4 is 44.3 Å². The molecule has 0 amide bonds. The topological polar surface area (TPSA) is 64.4 Å². The normalized spacial score (nSPS) is 16.0. The van der Waals surface area contributed by atoms with Crippen LogP contribution < -0.4 is 0 Å². The van der Waals surface area contributed by atoms with Gasteiger partial charge in [-0.05, 0) is 30.3 Å². The minimum atomic E-state index is -4.86. The molecule has 0 fully saturated rings. The maximum absolute atomic E-state index is 13.9. The number of benzene rings is 2. The second-order valence-corrected chi connectivity index (χ2v) is 6.97. The van der Waals surface area contributed by atoms with Crippen LogP contribution in [-0.2, 0) is 9.53 Å². The summed E-state index contributed by atoms with van der Waals surface area (Å²) in [6.07, 6.45) is -4.86. The number of hydrogen-bond acceptors (Lipinski definition) is 5. The van der Waals surface area contributed by atoms with Gasteiger partial charge < -0.3 is 4.74 Å². The number of ether oxygens (including phenoxy) is 1. The highest BCUT2D eigenvalue weighted by atomic mass is 79.9. The highest BCUT2D eigenvalue weighted by Gasteiger charge is 2.48. The minimum Gasteiger partial charge on any atom is -0.468 e. The lowest BCUT2D eigenvalue weighted by molar-refractivity contribution is -0.142. The molecule has 28 heavy (non-hydrogen) atoms. The number of nitrogens with zero attached hydrogens (tertiary/aromatic N) is 3. The first-order valence-electron chi connectivity index (χ1n) is 8.10. The molecule has 1 unspecified atom stereocenters. The zero-order chi connectivity index (χ0) is 20.1. The summed E-state index contributed by atoms with van der Waals surface area (Å²) in [5.41, 5.74) is -0.0111. The van der Waals surface area contributed by atoms with Gasteiger partial charge in [-0.3, -0.25) is 4.79 Å². The van der Waals surface area contributed by atoms with Crippen molar-refractivity contribution in [3.8, 4) is 11.3 Å². The number of esters is 1. The zero-order valence-corrected chi connectivity index (χ0v) is 15.9. The molecule has 142 valence electrons. The molecule has 9 heteroatoms. The number of alkyl halides is 3. The fourth-order valence-electron chi connectivity index (χ4n) is 3.10. The van der Waals surface area contributed by atoms with E-state index in [9.17, 15) is 18.0 Å². The van der Waals surface area contributed by atoms with E-state index in [0.717, 1.165) is 7.11 Å². The van der Waals surface area contributed by atoms with Crippen LogP contribution >= 0.6 is 15.9 Å². The largest absolute Gasteiger partial charge is 0.468 e. The number of halogens is 4. The van der Waals surface area contributed by atoms with E-state index in [0.29, 0.717) is 21.1 Å². The van der Waals surface area contributed by atoms with E-state index in [2.05, 4.69) is 35.6 Å². The van der Waals surface area contributed by atoms with E-state index < -0.39 is 23.8 Å². The summed E-state index contributed by atoms with van der Waals surface area (Å²) in [4.78, 5) is 25.1. The fourth-order valence-corrected chi connectivity index (χ4v) is 3.46. The van der Waals surface area contributed by atoms with E-state index in [-0.39, 0.29) is 17.1 Å². The first-order valence-corrected chi connectivity index (χ1v) is 8.89. The molecule has 2 aromatic carbocycles. The average molecular weight is 450 g/mol. The Hall–Kier alpha value is -2.81. The molecule has 0 radical (unpaired) electrons. The second kappa shape index (κ2) is 6.66. The monoisotopic (exact) mass is 449 g/mol. The maximum atomic E-state index is 13.9. The quantitative estimate of drug-likeness (QED) is 0.492. The van der Waals surface area contributed by atoms with Gasteiger partial charge in [0.05, 0.1) is 35.2 Å². The second-order valence-electron chi connectivity index (χ2n) is 6.06. The molecule has 1 aromatic heterocycles. The molecule has 5 nitrogen and oxygen atoms in total. The molecule has 0 spiro atoms. The van der Waals surface area contributed by atoms with Crippen molar-refractivity contribution in [2.75, 3.05) is 7.11 Å². The fraction of sp³-hybridized carbons (Fsp3) is 0.158. The SMILES string of the molecule is COC(=O)C1C(C(F)(F)F)=Nc2ccc(Br)cc2-c2nc3ccccc3nc21. The van der Waals surface area contributed by atoms with Gasteiger partial charge in [0.25, 0.3) is 0 Å². The summed E-state index contributed by atoms with van der Waals surface area (Å²) in [6.45, 7) is 0. The minimum absolute atomic E-state index is 0.0489. The predicted molar refractivity (Wildman–Crippen MR) is 101 cm³/mol. The van der Waals surface area contributed by atoms with Crippen LogP contribution in [0.4, 0.5) is 18.9 Å². The van der Waals surface area contributed by atoms with E-state index in [4.69, 9.17) is 0 Å². The van der Waals surface area contributed by atoms with Crippen LogP contribution in [0, 0.1) is 0 Å². The molecule has 0 saturated heterocycles. The Balaban J connectivity index is 2.15. The third-order valence-corrected chi connectivity index (χ3v) is 4.82. The first-order chi connectivity index (χ1) is 13.3. The number of para-hydroxylation sites is 2. The Morgan fingerprint density at radius 3 is 2.43 bits per heavy atom. The zero-order valence-electron chi connectivity index (χ0n) is 14.3. The highest BCUT2D eigenvalue weighted by molar-refractivity contribution is 9.10. The van der Waals surface area contributed by atoms with Crippen molar-refractivity contribution in [2.45, 2.75) is 12.1 Å². The first kappa shape index (κ1) is 18.5. The molecular weight excluding hydrogens is 439 g/mol. The van der Waals surface area contributed by atoms with Crippen molar-refractivity contribution in [1.82, 2.24) is 9.97 Å². The molecule has 0 bridgehead atoms. The van der Waals surface area contributed by atoms with Crippen LogP contribution in [0.5, 0.6) is 0 Å². The van der Waals surface area contributed by atoms with Crippen LogP contribution in [0.25, 0.3) is 22.3 Å². The lowest BCUT2D eigenvalue weighted by atomic mass is 9.95.